The first-order valence-corrected chi connectivity index (χ1v) is 10.4. The monoisotopic (exact) mass is 440 g/mol. The lowest BCUT2D eigenvalue weighted by molar-refractivity contribution is 0.0961. The van der Waals surface area contributed by atoms with Gasteiger partial charge in [-0.25, -0.2) is 0 Å². The molecule has 0 aliphatic rings. The summed E-state index contributed by atoms with van der Waals surface area (Å²) in [5.41, 5.74) is 2.69. The lowest BCUT2D eigenvalue weighted by Crippen LogP contribution is -2.23. The zero-order valence-corrected chi connectivity index (χ0v) is 17.5. The number of thioether (sulfide) groups is 1. The number of halogens is 1. The SMILES string of the molecule is Cc1ccc(Cc2nn3c(SCNC(=O)c4ccc(Cl)cc4)nnc3[nH]c2=O)cc1. The minimum atomic E-state index is -0.303. The van der Waals surface area contributed by atoms with E-state index in [4.69, 9.17) is 11.6 Å². The minimum absolute atomic E-state index is 0.227. The molecule has 4 rings (SSSR count). The summed E-state index contributed by atoms with van der Waals surface area (Å²) in [5, 5.41) is 16.2. The Morgan fingerprint density at radius 1 is 1.13 bits per heavy atom. The Hall–Kier alpha value is -3.17. The molecule has 0 spiro atoms. The van der Waals surface area contributed by atoms with E-state index in [1.54, 1.807) is 24.3 Å². The smallest absolute Gasteiger partial charge is 0.274 e. The van der Waals surface area contributed by atoms with Crippen molar-refractivity contribution in [2.24, 2.45) is 0 Å². The number of aryl methyl sites for hydroxylation is 1. The van der Waals surface area contributed by atoms with Gasteiger partial charge in [-0.05, 0) is 36.8 Å². The fourth-order valence-corrected chi connectivity index (χ4v) is 3.55. The molecular formula is C20H17ClN6O2S. The van der Waals surface area contributed by atoms with E-state index in [0.29, 0.717) is 27.9 Å². The van der Waals surface area contributed by atoms with Gasteiger partial charge in [-0.15, -0.1) is 10.2 Å². The number of H-pyrrole nitrogens is 1. The zero-order chi connectivity index (χ0) is 21.1. The van der Waals surface area contributed by atoms with Crippen LogP contribution in [-0.2, 0) is 6.42 Å². The largest absolute Gasteiger partial charge is 0.343 e. The van der Waals surface area contributed by atoms with Gasteiger partial charge in [0.2, 0.25) is 5.16 Å². The van der Waals surface area contributed by atoms with Gasteiger partial charge in [0.05, 0.1) is 5.88 Å². The summed E-state index contributed by atoms with van der Waals surface area (Å²) >= 11 is 7.09. The standard InChI is InChI=1S/C20H17ClN6O2S/c1-12-2-4-13(5-3-12)10-16-18(29)23-19-24-25-20(27(19)26-16)30-11-22-17(28)14-6-8-15(21)9-7-14/h2-9H,10-11H2,1H3,(H,22,28)(H,23,24,29). The van der Waals surface area contributed by atoms with Crippen LogP contribution in [0.3, 0.4) is 0 Å². The fourth-order valence-electron chi connectivity index (χ4n) is 2.75. The molecule has 2 N–H and O–H groups in total. The highest BCUT2D eigenvalue weighted by Crippen LogP contribution is 2.15. The van der Waals surface area contributed by atoms with Crippen LogP contribution in [0.4, 0.5) is 0 Å². The number of carbonyl (C=O) groups excluding carboxylic acids is 1. The number of rotatable bonds is 6. The number of aromatic nitrogens is 5. The Bertz CT molecular complexity index is 1250. The number of hydrogen-bond acceptors (Lipinski definition) is 6. The number of hydrogen-bond donors (Lipinski definition) is 2. The number of amides is 1. The van der Waals surface area contributed by atoms with Crippen LogP contribution >= 0.6 is 23.4 Å². The number of carbonyl (C=O) groups is 1. The molecule has 0 aliphatic carbocycles. The van der Waals surface area contributed by atoms with Crippen molar-refractivity contribution in [3.05, 3.63) is 86.3 Å². The van der Waals surface area contributed by atoms with Crippen LogP contribution in [0.5, 0.6) is 0 Å². The molecule has 0 aliphatic heterocycles. The molecular weight excluding hydrogens is 424 g/mol. The zero-order valence-electron chi connectivity index (χ0n) is 15.9. The number of nitrogens with zero attached hydrogens (tertiary/aromatic N) is 4. The van der Waals surface area contributed by atoms with Crippen LogP contribution in [0, 0.1) is 6.92 Å². The van der Waals surface area contributed by atoms with Gasteiger partial charge in [0.1, 0.15) is 5.69 Å². The van der Waals surface area contributed by atoms with Crippen molar-refractivity contribution in [3.63, 3.8) is 0 Å². The molecule has 0 fully saturated rings. The molecule has 1 amide bonds. The van der Waals surface area contributed by atoms with Crippen molar-refractivity contribution in [1.82, 2.24) is 30.1 Å². The summed E-state index contributed by atoms with van der Waals surface area (Å²) in [6.07, 6.45) is 0.390. The fraction of sp³-hybridized carbons (Fsp3) is 0.150. The van der Waals surface area contributed by atoms with E-state index in [1.165, 1.54) is 16.3 Å². The summed E-state index contributed by atoms with van der Waals surface area (Å²) < 4.78 is 1.48. The molecule has 10 heteroatoms. The molecule has 8 nitrogen and oxygen atoms in total. The topological polar surface area (TPSA) is 105 Å². The quantitative estimate of drug-likeness (QED) is 0.353. The lowest BCUT2D eigenvalue weighted by Gasteiger charge is -2.05. The maximum absolute atomic E-state index is 12.3. The van der Waals surface area contributed by atoms with E-state index < -0.39 is 0 Å². The maximum Gasteiger partial charge on any atom is 0.274 e. The summed E-state index contributed by atoms with van der Waals surface area (Å²) in [5.74, 6) is 0.282. The number of benzene rings is 2. The maximum atomic E-state index is 12.3. The Kier molecular flexibility index (Phi) is 5.82. The second-order valence-corrected chi connectivity index (χ2v) is 7.96. The van der Waals surface area contributed by atoms with Crippen molar-refractivity contribution in [1.29, 1.82) is 0 Å². The van der Waals surface area contributed by atoms with Gasteiger partial charge in [-0.2, -0.15) is 9.61 Å². The van der Waals surface area contributed by atoms with Crippen LogP contribution in [0.1, 0.15) is 27.2 Å². The first-order valence-electron chi connectivity index (χ1n) is 9.06. The highest BCUT2D eigenvalue weighted by molar-refractivity contribution is 7.99. The van der Waals surface area contributed by atoms with Gasteiger partial charge in [0.15, 0.2) is 0 Å². The number of aromatic amines is 1. The second-order valence-electron chi connectivity index (χ2n) is 6.58. The normalized spacial score (nSPS) is 11.0. The van der Waals surface area contributed by atoms with Crippen LogP contribution in [0.2, 0.25) is 5.02 Å². The number of nitrogens with one attached hydrogen (secondary N) is 2. The predicted octanol–water partition coefficient (Wildman–Crippen LogP) is 2.84. The summed E-state index contributed by atoms with van der Waals surface area (Å²) in [6, 6.07) is 14.5. The first-order chi connectivity index (χ1) is 14.5. The van der Waals surface area contributed by atoms with E-state index in [2.05, 4.69) is 25.6 Å². The van der Waals surface area contributed by atoms with E-state index in [-0.39, 0.29) is 23.1 Å². The molecule has 0 bridgehead atoms. The van der Waals surface area contributed by atoms with Crippen molar-refractivity contribution in [2.45, 2.75) is 18.5 Å². The molecule has 152 valence electrons. The molecule has 0 saturated carbocycles. The highest BCUT2D eigenvalue weighted by atomic mass is 35.5. The van der Waals surface area contributed by atoms with Crippen molar-refractivity contribution >= 4 is 35.0 Å². The third kappa shape index (κ3) is 4.52. The highest BCUT2D eigenvalue weighted by Gasteiger charge is 2.13. The van der Waals surface area contributed by atoms with Crippen LogP contribution < -0.4 is 10.9 Å². The predicted molar refractivity (Wildman–Crippen MR) is 115 cm³/mol. The Morgan fingerprint density at radius 2 is 1.87 bits per heavy atom. The molecule has 2 heterocycles. The molecule has 4 aromatic rings. The number of fused-ring (bicyclic) bond motifs is 1. The summed E-state index contributed by atoms with van der Waals surface area (Å²) in [6.45, 7) is 2.01. The molecule has 0 unspecified atom stereocenters. The Balaban J connectivity index is 1.47. The Morgan fingerprint density at radius 3 is 2.60 bits per heavy atom. The van der Waals surface area contributed by atoms with E-state index in [1.807, 2.05) is 31.2 Å². The van der Waals surface area contributed by atoms with Crippen LogP contribution in [0.15, 0.2) is 58.5 Å². The van der Waals surface area contributed by atoms with Gasteiger partial charge in [-0.3, -0.25) is 14.6 Å². The molecule has 2 aromatic heterocycles. The van der Waals surface area contributed by atoms with Crippen LogP contribution in [-0.4, -0.2) is 36.6 Å². The van der Waals surface area contributed by atoms with Crippen LogP contribution in [0.25, 0.3) is 5.78 Å². The molecule has 0 atom stereocenters. The van der Waals surface area contributed by atoms with Gasteiger partial charge in [0, 0.05) is 17.0 Å². The van der Waals surface area contributed by atoms with Crippen molar-refractivity contribution in [2.75, 3.05) is 5.88 Å². The molecule has 0 radical (unpaired) electrons. The van der Waals surface area contributed by atoms with E-state index >= 15 is 0 Å². The van der Waals surface area contributed by atoms with Crippen molar-refractivity contribution < 1.29 is 4.79 Å². The van der Waals surface area contributed by atoms with Crippen molar-refractivity contribution in [3.8, 4) is 0 Å². The molecule has 2 aromatic carbocycles. The van der Waals surface area contributed by atoms with Gasteiger partial charge in [-0.1, -0.05) is 53.2 Å². The molecule has 30 heavy (non-hydrogen) atoms. The minimum Gasteiger partial charge on any atom is -0.343 e. The van der Waals surface area contributed by atoms with Gasteiger partial charge < -0.3 is 5.32 Å². The third-order valence-corrected chi connectivity index (χ3v) is 5.41. The summed E-state index contributed by atoms with van der Waals surface area (Å²) in [4.78, 5) is 27.2. The molecule has 0 saturated heterocycles. The van der Waals surface area contributed by atoms with E-state index in [0.717, 1.165) is 11.1 Å². The van der Waals surface area contributed by atoms with Gasteiger partial charge >= 0.3 is 0 Å². The lowest BCUT2D eigenvalue weighted by atomic mass is 10.1. The van der Waals surface area contributed by atoms with Gasteiger partial charge in [0.25, 0.3) is 17.2 Å². The average Bonchev–Trinajstić information content (AvgIpc) is 3.12. The second kappa shape index (κ2) is 8.68. The Labute approximate surface area is 180 Å². The first kappa shape index (κ1) is 20.1. The third-order valence-electron chi connectivity index (χ3n) is 4.35. The summed E-state index contributed by atoms with van der Waals surface area (Å²) in [7, 11) is 0. The average molecular weight is 441 g/mol. The van der Waals surface area contributed by atoms with E-state index in [9.17, 15) is 9.59 Å².